The summed E-state index contributed by atoms with van der Waals surface area (Å²) < 4.78 is 11.5. The van der Waals surface area contributed by atoms with E-state index < -0.39 is 0 Å². The largest absolute Gasteiger partial charge is 0.381 e. The van der Waals surface area contributed by atoms with Gasteiger partial charge in [-0.1, -0.05) is 27.7 Å². The van der Waals surface area contributed by atoms with E-state index in [1.54, 1.807) is 0 Å². The van der Waals surface area contributed by atoms with E-state index in [2.05, 4.69) is 45.3 Å². The molecule has 0 aromatic carbocycles. The van der Waals surface area contributed by atoms with Gasteiger partial charge in [-0.15, -0.1) is 24.0 Å². The van der Waals surface area contributed by atoms with Crippen LogP contribution in [0.15, 0.2) is 4.99 Å². The highest BCUT2D eigenvalue weighted by atomic mass is 127. The van der Waals surface area contributed by atoms with Gasteiger partial charge in [0.2, 0.25) is 0 Å². The van der Waals surface area contributed by atoms with Gasteiger partial charge in [-0.3, -0.25) is 4.99 Å². The third-order valence-corrected chi connectivity index (χ3v) is 4.90. The minimum absolute atomic E-state index is 0. The number of guanidine groups is 1. The summed E-state index contributed by atoms with van der Waals surface area (Å²) in [5.41, 5.74) is 0.178. The molecule has 24 heavy (non-hydrogen) atoms. The molecule has 1 saturated heterocycles. The Hall–Kier alpha value is -0.0800. The molecule has 0 aromatic rings. The molecule has 3 unspecified atom stereocenters. The van der Waals surface area contributed by atoms with Gasteiger partial charge in [0.25, 0.3) is 0 Å². The summed E-state index contributed by atoms with van der Waals surface area (Å²) in [5.74, 6) is 2.16. The standard InChI is InChI=1S/C18H35N3O2.HI/c1-6-19-17(20-9-7-10-22-12-13(2)3)21-15-14-8-11-23-16(14)18(15,4)5;/h13-16H,6-12H2,1-5H3,(H2,19,20,21);1H. The van der Waals surface area contributed by atoms with Crippen LogP contribution in [-0.2, 0) is 9.47 Å². The first kappa shape index (κ1) is 22.0. The molecule has 2 aliphatic rings. The molecule has 0 amide bonds. The second kappa shape index (κ2) is 10.2. The van der Waals surface area contributed by atoms with E-state index in [0.717, 1.165) is 51.7 Å². The molecule has 1 aliphatic heterocycles. The number of hydrogen-bond acceptors (Lipinski definition) is 3. The van der Waals surface area contributed by atoms with Gasteiger partial charge in [0.1, 0.15) is 0 Å². The monoisotopic (exact) mass is 453 g/mol. The molecular formula is C18H36IN3O2. The third-order valence-electron chi connectivity index (χ3n) is 4.90. The molecular weight excluding hydrogens is 417 g/mol. The lowest BCUT2D eigenvalue weighted by Gasteiger charge is -2.54. The Morgan fingerprint density at radius 1 is 1.38 bits per heavy atom. The van der Waals surface area contributed by atoms with Crippen LogP contribution in [0.3, 0.4) is 0 Å². The smallest absolute Gasteiger partial charge is 0.191 e. The van der Waals surface area contributed by atoms with E-state index in [4.69, 9.17) is 14.5 Å². The summed E-state index contributed by atoms with van der Waals surface area (Å²) in [4.78, 5) is 4.71. The van der Waals surface area contributed by atoms with Crippen LogP contribution in [-0.4, -0.2) is 51.0 Å². The fraction of sp³-hybridized carbons (Fsp3) is 0.944. The van der Waals surface area contributed by atoms with Gasteiger partial charge >= 0.3 is 0 Å². The number of aliphatic imine (C=N–C) groups is 1. The number of halogens is 1. The fourth-order valence-corrected chi connectivity index (χ4v) is 3.76. The van der Waals surface area contributed by atoms with Crippen LogP contribution in [0.1, 0.15) is 47.5 Å². The Kier molecular flexibility index (Phi) is 9.30. The lowest BCUT2D eigenvalue weighted by Crippen LogP contribution is -2.67. The van der Waals surface area contributed by atoms with E-state index >= 15 is 0 Å². The summed E-state index contributed by atoms with van der Waals surface area (Å²) in [6.45, 7) is 15.2. The first-order chi connectivity index (χ1) is 11.0. The Morgan fingerprint density at radius 2 is 2.12 bits per heavy atom. The predicted molar refractivity (Wildman–Crippen MR) is 110 cm³/mol. The van der Waals surface area contributed by atoms with Crippen LogP contribution >= 0.6 is 24.0 Å². The summed E-state index contributed by atoms with van der Waals surface area (Å²) in [5, 5.41) is 7.01. The SMILES string of the molecule is CCNC(=NCCCOCC(C)C)NC1C2CCOC2C1(C)C.I. The van der Waals surface area contributed by atoms with Gasteiger partial charge in [-0.05, 0) is 25.7 Å². The zero-order valence-electron chi connectivity index (χ0n) is 15.9. The fourth-order valence-electron chi connectivity index (χ4n) is 3.76. The summed E-state index contributed by atoms with van der Waals surface area (Å²) in [6, 6.07) is 0.449. The second-order valence-corrected chi connectivity index (χ2v) is 7.77. The van der Waals surface area contributed by atoms with E-state index in [-0.39, 0.29) is 29.4 Å². The van der Waals surface area contributed by atoms with Crippen molar-refractivity contribution in [1.29, 1.82) is 0 Å². The van der Waals surface area contributed by atoms with Gasteiger partial charge in [0, 0.05) is 50.3 Å². The van der Waals surface area contributed by atoms with Crippen molar-refractivity contribution in [2.45, 2.75) is 59.6 Å². The molecule has 2 rings (SSSR count). The van der Waals surface area contributed by atoms with Gasteiger partial charge in [0.05, 0.1) is 6.10 Å². The average Bonchev–Trinajstić information content (AvgIpc) is 2.94. The van der Waals surface area contributed by atoms with Gasteiger partial charge in [0.15, 0.2) is 5.96 Å². The van der Waals surface area contributed by atoms with Crippen molar-refractivity contribution in [2.75, 3.05) is 32.9 Å². The Morgan fingerprint density at radius 3 is 2.79 bits per heavy atom. The van der Waals surface area contributed by atoms with E-state index in [9.17, 15) is 0 Å². The van der Waals surface area contributed by atoms with E-state index in [0.29, 0.717) is 24.0 Å². The Bertz CT molecular complexity index is 402. The molecule has 1 aliphatic carbocycles. The van der Waals surface area contributed by atoms with Crippen molar-refractivity contribution in [3.05, 3.63) is 0 Å². The number of hydrogen-bond donors (Lipinski definition) is 2. The van der Waals surface area contributed by atoms with Crippen LogP contribution in [0.4, 0.5) is 0 Å². The Labute approximate surface area is 164 Å². The maximum absolute atomic E-state index is 5.87. The highest BCUT2D eigenvalue weighted by molar-refractivity contribution is 14.0. The molecule has 0 radical (unpaired) electrons. The minimum atomic E-state index is 0. The molecule has 0 aromatic heterocycles. The second-order valence-electron chi connectivity index (χ2n) is 7.77. The molecule has 1 heterocycles. The van der Waals surface area contributed by atoms with Gasteiger partial charge < -0.3 is 20.1 Å². The summed E-state index contributed by atoms with van der Waals surface area (Å²) >= 11 is 0. The van der Waals surface area contributed by atoms with Crippen LogP contribution in [0.5, 0.6) is 0 Å². The predicted octanol–water partition coefficient (Wildman–Crippen LogP) is 3.04. The number of nitrogens with one attached hydrogen (secondary N) is 2. The van der Waals surface area contributed by atoms with Crippen LogP contribution in [0.2, 0.25) is 0 Å². The molecule has 1 saturated carbocycles. The molecule has 2 N–H and O–H groups in total. The van der Waals surface area contributed by atoms with Crippen LogP contribution < -0.4 is 10.6 Å². The minimum Gasteiger partial charge on any atom is -0.381 e. The van der Waals surface area contributed by atoms with E-state index in [1.807, 2.05) is 0 Å². The zero-order valence-corrected chi connectivity index (χ0v) is 18.3. The van der Waals surface area contributed by atoms with Crippen molar-refractivity contribution in [3.8, 4) is 0 Å². The number of fused-ring (bicyclic) bond motifs is 1. The molecule has 3 atom stereocenters. The van der Waals surface area contributed by atoms with Crippen LogP contribution in [0, 0.1) is 17.3 Å². The number of ether oxygens (including phenoxy) is 2. The van der Waals surface area contributed by atoms with Gasteiger partial charge in [-0.2, -0.15) is 0 Å². The third kappa shape index (κ3) is 5.46. The number of rotatable bonds is 8. The maximum atomic E-state index is 5.87. The molecule has 0 spiro atoms. The molecule has 6 heteroatoms. The van der Waals surface area contributed by atoms with Crippen molar-refractivity contribution in [2.24, 2.45) is 22.2 Å². The zero-order chi connectivity index (χ0) is 16.9. The van der Waals surface area contributed by atoms with Gasteiger partial charge in [-0.25, -0.2) is 0 Å². The molecule has 5 nitrogen and oxygen atoms in total. The summed E-state index contributed by atoms with van der Waals surface area (Å²) in [7, 11) is 0. The van der Waals surface area contributed by atoms with Crippen molar-refractivity contribution < 1.29 is 9.47 Å². The molecule has 0 bridgehead atoms. The summed E-state index contributed by atoms with van der Waals surface area (Å²) in [6.07, 6.45) is 2.54. The van der Waals surface area contributed by atoms with Crippen molar-refractivity contribution in [1.82, 2.24) is 10.6 Å². The number of nitrogens with zero attached hydrogens (tertiary/aromatic N) is 1. The van der Waals surface area contributed by atoms with E-state index in [1.165, 1.54) is 0 Å². The highest BCUT2D eigenvalue weighted by Gasteiger charge is 2.59. The lowest BCUT2D eigenvalue weighted by atomic mass is 9.57. The highest BCUT2D eigenvalue weighted by Crippen LogP contribution is 2.52. The van der Waals surface area contributed by atoms with Crippen molar-refractivity contribution >= 4 is 29.9 Å². The molecule has 142 valence electrons. The first-order valence-corrected chi connectivity index (χ1v) is 9.21. The first-order valence-electron chi connectivity index (χ1n) is 9.21. The topological polar surface area (TPSA) is 54.9 Å². The molecule has 2 fully saturated rings. The Balaban J connectivity index is 0.00000288. The lowest BCUT2D eigenvalue weighted by molar-refractivity contribution is -0.106. The average molecular weight is 453 g/mol. The normalized spacial score (nSPS) is 28.1. The van der Waals surface area contributed by atoms with Crippen LogP contribution in [0.25, 0.3) is 0 Å². The maximum Gasteiger partial charge on any atom is 0.191 e. The quantitative estimate of drug-likeness (QED) is 0.257. The van der Waals surface area contributed by atoms with Crippen molar-refractivity contribution in [3.63, 3.8) is 0 Å².